The van der Waals surface area contributed by atoms with Crippen molar-refractivity contribution in [2.45, 2.75) is 0 Å². The van der Waals surface area contributed by atoms with Crippen LogP contribution in [0.5, 0.6) is 0 Å². The van der Waals surface area contributed by atoms with Crippen LogP contribution in [0.4, 0.5) is 0 Å². The molecule has 4 nitrogen and oxygen atoms in total. The second-order valence-electron chi connectivity index (χ2n) is 2.83. The lowest BCUT2D eigenvalue weighted by molar-refractivity contribution is 0.768. The highest BCUT2D eigenvalue weighted by molar-refractivity contribution is 5.55. The van der Waals surface area contributed by atoms with Gasteiger partial charge in [0.05, 0.1) is 18.2 Å². The van der Waals surface area contributed by atoms with Gasteiger partial charge in [-0.3, -0.25) is 4.68 Å². The van der Waals surface area contributed by atoms with E-state index in [1.54, 1.807) is 11.0 Å². The Morgan fingerprint density at radius 3 is 2.58 bits per heavy atom. The minimum Gasteiger partial charge on any atom is -0.340 e. The monoisotopic (exact) mass is 162 g/mol. The van der Waals surface area contributed by atoms with Crippen molar-refractivity contribution in [1.29, 1.82) is 0 Å². The third-order valence-electron chi connectivity index (χ3n) is 1.71. The molecule has 2 rings (SSSR count). The lowest BCUT2D eigenvalue weighted by Gasteiger charge is -1.86. The summed E-state index contributed by atoms with van der Waals surface area (Å²) in [6.07, 6.45) is 7.50. The molecule has 0 atom stereocenters. The molecule has 4 heteroatoms. The van der Waals surface area contributed by atoms with E-state index in [2.05, 4.69) is 10.1 Å². The average Bonchev–Trinajstić information content (AvgIpc) is 2.58. The van der Waals surface area contributed by atoms with E-state index in [1.807, 2.05) is 37.3 Å². The molecule has 0 aliphatic carbocycles. The molecule has 62 valence electrons. The molecule has 2 heterocycles. The number of imidazole rings is 1. The zero-order valence-electron chi connectivity index (χ0n) is 7.10. The first-order chi connectivity index (χ1) is 5.75. The van der Waals surface area contributed by atoms with Gasteiger partial charge in [0.2, 0.25) is 0 Å². The van der Waals surface area contributed by atoms with Crippen LogP contribution < -0.4 is 0 Å². The first-order valence-corrected chi connectivity index (χ1v) is 3.73. The summed E-state index contributed by atoms with van der Waals surface area (Å²) in [5.74, 6) is 0. The number of hydrogen-bond acceptors (Lipinski definition) is 2. The Kier molecular flexibility index (Phi) is 1.46. The minimum atomic E-state index is 0.964. The standard InChI is InChI=1S/C8H10N4/c1-11-5-8(9-6-11)7-3-10-12(2)4-7/h3-6H,1-2H3. The molecule has 0 spiro atoms. The Bertz CT molecular complexity index is 347. The predicted octanol–water partition coefficient (Wildman–Crippen LogP) is 0.821. The second-order valence-corrected chi connectivity index (χ2v) is 2.83. The normalized spacial score (nSPS) is 10.5. The van der Waals surface area contributed by atoms with Gasteiger partial charge in [-0.2, -0.15) is 5.10 Å². The second kappa shape index (κ2) is 2.48. The third kappa shape index (κ3) is 1.11. The Labute approximate surface area is 70.5 Å². The molecule has 0 radical (unpaired) electrons. The predicted molar refractivity (Wildman–Crippen MR) is 45.4 cm³/mol. The van der Waals surface area contributed by atoms with E-state index in [1.165, 1.54) is 0 Å². The summed E-state index contributed by atoms with van der Waals surface area (Å²) in [5.41, 5.74) is 2.02. The maximum Gasteiger partial charge on any atom is 0.0951 e. The van der Waals surface area contributed by atoms with Crippen LogP contribution in [0.25, 0.3) is 11.3 Å². The summed E-state index contributed by atoms with van der Waals surface area (Å²) >= 11 is 0. The summed E-state index contributed by atoms with van der Waals surface area (Å²) in [6.45, 7) is 0. The van der Waals surface area contributed by atoms with Crippen molar-refractivity contribution < 1.29 is 0 Å². The molecular formula is C8H10N4. The van der Waals surface area contributed by atoms with Crippen LogP contribution in [-0.4, -0.2) is 19.3 Å². The molecule has 12 heavy (non-hydrogen) atoms. The van der Waals surface area contributed by atoms with E-state index in [9.17, 15) is 0 Å². The average molecular weight is 162 g/mol. The third-order valence-corrected chi connectivity index (χ3v) is 1.71. The van der Waals surface area contributed by atoms with Gasteiger partial charge in [-0.25, -0.2) is 4.98 Å². The van der Waals surface area contributed by atoms with Crippen LogP contribution in [-0.2, 0) is 14.1 Å². The van der Waals surface area contributed by atoms with Crippen LogP contribution in [0.1, 0.15) is 0 Å². The van der Waals surface area contributed by atoms with E-state index in [0.717, 1.165) is 11.3 Å². The highest BCUT2D eigenvalue weighted by Gasteiger charge is 2.01. The van der Waals surface area contributed by atoms with Crippen LogP contribution >= 0.6 is 0 Å². The van der Waals surface area contributed by atoms with Gasteiger partial charge in [0.15, 0.2) is 0 Å². The van der Waals surface area contributed by atoms with E-state index in [-0.39, 0.29) is 0 Å². The first-order valence-electron chi connectivity index (χ1n) is 3.73. The molecule has 0 aliphatic rings. The summed E-state index contributed by atoms with van der Waals surface area (Å²) < 4.78 is 3.69. The Balaban J connectivity index is 2.43. The van der Waals surface area contributed by atoms with Gasteiger partial charge in [-0.1, -0.05) is 0 Å². The molecular weight excluding hydrogens is 152 g/mol. The van der Waals surface area contributed by atoms with E-state index < -0.39 is 0 Å². The Morgan fingerprint density at radius 1 is 1.25 bits per heavy atom. The van der Waals surface area contributed by atoms with Crippen LogP contribution in [0.2, 0.25) is 0 Å². The molecule has 0 bridgehead atoms. The van der Waals surface area contributed by atoms with Gasteiger partial charge in [-0.05, 0) is 0 Å². The van der Waals surface area contributed by atoms with Crippen molar-refractivity contribution >= 4 is 0 Å². The van der Waals surface area contributed by atoms with Crippen LogP contribution in [0.15, 0.2) is 24.9 Å². The molecule has 0 amide bonds. The number of aryl methyl sites for hydroxylation is 2. The van der Waals surface area contributed by atoms with Crippen molar-refractivity contribution in [1.82, 2.24) is 19.3 Å². The fourth-order valence-corrected chi connectivity index (χ4v) is 1.12. The van der Waals surface area contributed by atoms with Gasteiger partial charge in [0, 0.05) is 32.1 Å². The van der Waals surface area contributed by atoms with Gasteiger partial charge < -0.3 is 4.57 Å². The van der Waals surface area contributed by atoms with Gasteiger partial charge in [0.1, 0.15) is 0 Å². The highest BCUT2D eigenvalue weighted by Crippen LogP contribution is 2.14. The molecule has 0 aliphatic heterocycles. The summed E-state index contributed by atoms with van der Waals surface area (Å²) in [5, 5.41) is 4.07. The number of aromatic nitrogens is 4. The number of nitrogens with zero attached hydrogens (tertiary/aromatic N) is 4. The Hall–Kier alpha value is -1.58. The van der Waals surface area contributed by atoms with Crippen molar-refractivity contribution in [3.05, 3.63) is 24.9 Å². The SMILES string of the molecule is Cn1cnc(-c2cnn(C)c2)c1. The lowest BCUT2D eigenvalue weighted by atomic mass is 10.3. The number of rotatable bonds is 1. The molecule has 2 aromatic rings. The molecule has 0 unspecified atom stereocenters. The minimum absolute atomic E-state index is 0.964. The fraction of sp³-hybridized carbons (Fsp3) is 0.250. The summed E-state index contributed by atoms with van der Waals surface area (Å²) in [7, 11) is 3.85. The molecule has 0 fully saturated rings. The molecule has 0 saturated carbocycles. The van der Waals surface area contributed by atoms with Gasteiger partial charge in [0.25, 0.3) is 0 Å². The van der Waals surface area contributed by atoms with Crippen LogP contribution in [0, 0.1) is 0 Å². The van der Waals surface area contributed by atoms with Gasteiger partial charge in [-0.15, -0.1) is 0 Å². The Morgan fingerprint density at radius 2 is 2.08 bits per heavy atom. The summed E-state index contributed by atoms with van der Waals surface area (Å²) in [6, 6.07) is 0. The number of hydrogen-bond donors (Lipinski definition) is 0. The molecule has 0 saturated heterocycles. The molecule has 0 aromatic carbocycles. The van der Waals surface area contributed by atoms with Crippen LogP contribution in [0.3, 0.4) is 0 Å². The lowest BCUT2D eigenvalue weighted by Crippen LogP contribution is -1.84. The smallest absolute Gasteiger partial charge is 0.0951 e. The van der Waals surface area contributed by atoms with Gasteiger partial charge >= 0.3 is 0 Å². The van der Waals surface area contributed by atoms with Crippen molar-refractivity contribution in [2.75, 3.05) is 0 Å². The quantitative estimate of drug-likeness (QED) is 0.622. The van der Waals surface area contributed by atoms with Crippen molar-refractivity contribution in [3.63, 3.8) is 0 Å². The van der Waals surface area contributed by atoms with E-state index >= 15 is 0 Å². The van der Waals surface area contributed by atoms with E-state index in [0.29, 0.717) is 0 Å². The van der Waals surface area contributed by atoms with Crippen molar-refractivity contribution in [2.24, 2.45) is 14.1 Å². The maximum atomic E-state index is 4.21. The van der Waals surface area contributed by atoms with E-state index in [4.69, 9.17) is 0 Å². The zero-order valence-corrected chi connectivity index (χ0v) is 7.10. The molecule has 2 aromatic heterocycles. The maximum absolute atomic E-state index is 4.21. The highest BCUT2D eigenvalue weighted by atomic mass is 15.2. The topological polar surface area (TPSA) is 35.6 Å². The first kappa shape index (κ1) is 7.09. The zero-order chi connectivity index (χ0) is 8.55. The fourth-order valence-electron chi connectivity index (χ4n) is 1.12. The largest absolute Gasteiger partial charge is 0.340 e. The summed E-state index contributed by atoms with van der Waals surface area (Å²) in [4.78, 5) is 4.21. The molecule has 0 N–H and O–H groups in total. The van der Waals surface area contributed by atoms with Crippen molar-refractivity contribution in [3.8, 4) is 11.3 Å².